The molecule has 0 heterocycles. The molecule has 3 aromatic carbocycles. The average Bonchev–Trinajstić information content (AvgIpc) is 2.42. The molecule has 94 valence electrons. The number of rotatable bonds is 2. The predicted molar refractivity (Wildman–Crippen MR) is 80.5 cm³/mol. The molecule has 0 aliphatic heterocycles. The van der Waals surface area contributed by atoms with Crippen LogP contribution in [0.1, 0.15) is 0 Å². The average molecular weight is 289 g/mol. The molecule has 0 bridgehead atoms. The summed E-state index contributed by atoms with van der Waals surface area (Å²) in [5.74, 6) is 1.35. The third-order valence-electron chi connectivity index (χ3n) is 2.84. The van der Waals surface area contributed by atoms with Gasteiger partial charge in [0.25, 0.3) is 0 Å². The van der Waals surface area contributed by atoms with Gasteiger partial charge in [0, 0.05) is 5.02 Å². The van der Waals surface area contributed by atoms with Gasteiger partial charge in [0.05, 0.1) is 5.02 Å². The second-order valence-electron chi connectivity index (χ2n) is 4.19. The molecule has 0 spiro atoms. The molecule has 3 rings (SSSR count). The van der Waals surface area contributed by atoms with Crippen molar-refractivity contribution in [2.45, 2.75) is 0 Å². The predicted octanol–water partition coefficient (Wildman–Crippen LogP) is 5.94. The molecule has 3 heteroatoms. The molecule has 0 amide bonds. The summed E-state index contributed by atoms with van der Waals surface area (Å²) in [6, 6.07) is 19.2. The van der Waals surface area contributed by atoms with Crippen molar-refractivity contribution in [1.82, 2.24) is 0 Å². The van der Waals surface area contributed by atoms with Gasteiger partial charge in [-0.25, -0.2) is 0 Å². The van der Waals surface area contributed by atoms with Crippen molar-refractivity contribution in [2.24, 2.45) is 0 Å². The van der Waals surface area contributed by atoms with Crippen LogP contribution in [0, 0.1) is 0 Å². The summed E-state index contributed by atoms with van der Waals surface area (Å²) in [7, 11) is 0. The summed E-state index contributed by atoms with van der Waals surface area (Å²) in [6.07, 6.45) is 0. The normalized spacial score (nSPS) is 10.6. The SMILES string of the molecule is Clc1ccc(Oc2ccc3ccccc3c2)c(Cl)c1. The summed E-state index contributed by atoms with van der Waals surface area (Å²) in [4.78, 5) is 0. The van der Waals surface area contributed by atoms with E-state index in [1.54, 1.807) is 18.2 Å². The summed E-state index contributed by atoms with van der Waals surface area (Å²) in [5, 5.41) is 3.40. The molecule has 0 unspecified atom stereocenters. The van der Waals surface area contributed by atoms with Crippen LogP contribution in [0.5, 0.6) is 11.5 Å². The Bertz CT molecular complexity index is 738. The minimum atomic E-state index is 0.501. The largest absolute Gasteiger partial charge is 0.456 e. The number of halogens is 2. The zero-order valence-electron chi connectivity index (χ0n) is 9.94. The van der Waals surface area contributed by atoms with E-state index in [0.717, 1.165) is 11.1 Å². The maximum Gasteiger partial charge on any atom is 0.146 e. The zero-order valence-corrected chi connectivity index (χ0v) is 11.4. The van der Waals surface area contributed by atoms with Crippen molar-refractivity contribution in [2.75, 3.05) is 0 Å². The molecular formula is C16H10Cl2O. The van der Waals surface area contributed by atoms with Crippen LogP contribution in [0.4, 0.5) is 0 Å². The molecule has 0 fully saturated rings. The summed E-state index contributed by atoms with van der Waals surface area (Å²) >= 11 is 11.9. The molecule has 1 nitrogen and oxygen atoms in total. The van der Waals surface area contributed by atoms with Gasteiger partial charge >= 0.3 is 0 Å². The highest BCUT2D eigenvalue weighted by Crippen LogP contribution is 2.32. The van der Waals surface area contributed by atoms with Gasteiger partial charge in [0.2, 0.25) is 0 Å². The van der Waals surface area contributed by atoms with Gasteiger partial charge in [-0.05, 0) is 41.1 Å². The monoisotopic (exact) mass is 288 g/mol. The minimum absolute atomic E-state index is 0.501. The van der Waals surface area contributed by atoms with E-state index >= 15 is 0 Å². The Hall–Kier alpha value is -1.70. The fourth-order valence-corrected chi connectivity index (χ4v) is 2.36. The van der Waals surface area contributed by atoms with Crippen molar-refractivity contribution < 1.29 is 4.74 Å². The van der Waals surface area contributed by atoms with E-state index in [4.69, 9.17) is 27.9 Å². The summed E-state index contributed by atoms with van der Waals surface area (Å²) in [5.41, 5.74) is 0. The van der Waals surface area contributed by atoms with Gasteiger partial charge in [-0.3, -0.25) is 0 Å². The van der Waals surface area contributed by atoms with E-state index in [2.05, 4.69) is 6.07 Å². The number of hydrogen-bond acceptors (Lipinski definition) is 1. The molecule has 0 radical (unpaired) electrons. The van der Waals surface area contributed by atoms with Crippen LogP contribution < -0.4 is 4.74 Å². The number of fused-ring (bicyclic) bond motifs is 1. The van der Waals surface area contributed by atoms with Crippen LogP contribution in [0.25, 0.3) is 10.8 Å². The quantitative estimate of drug-likeness (QED) is 0.567. The first-order valence-corrected chi connectivity index (χ1v) is 6.60. The Morgan fingerprint density at radius 2 is 1.53 bits per heavy atom. The molecule has 0 saturated heterocycles. The van der Waals surface area contributed by atoms with E-state index in [0.29, 0.717) is 15.8 Å². The second-order valence-corrected chi connectivity index (χ2v) is 5.03. The molecule has 0 atom stereocenters. The fraction of sp³-hybridized carbons (Fsp3) is 0. The van der Waals surface area contributed by atoms with E-state index in [-0.39, 0.29) is 0 Å². The third-order valence-corrected chi connectivity index (χ3v) is 3.37. The van der Waals surface area contributed by atoms with Gasteiger partial charge in [-0.2, -0.15) is 0 Å². The smallest absolute Gasteiger partial charge is 0.146 e. The van der Waals surface area contributed by atoms with Crippen LogP contribution in [0.15, 0.2) is 60.7 Å². The molecule has 3 aromatic rings. The van der Waals surface area contributed by atoms with Crippen LogP contribution in [0.2, 0.25) is 10.0 Å². The van der Waals surface area contributed by atoms with Crippen molar-refractivity contribution in [1.29, 1.82) is 0 Å². The van der Waals surface area contributed by atoms with E-state index in [9.17, 15) is 0 Å². The van der Waals surface area contributed by atoms with Gasteiger partial charge in [0.15, 0.2) is 0 Å². The van der Waals surface area contributed by atoms with E-state index in [1.165, 1.54) is 5.39 Å². The molecule has 0 aliphatic rings. The Morgan fingerprint density at radius 1 is 0.737 bits per heavy atom. The van der Waals surface area contributed by atoms with E-state index in [1.807, 2.05) is 36.4 Å². The molecule has 19 heavy (non-hydrogen) atoms. The molecule has 0 N–H and O–H groups in total. The summed E-state index contributed by atoms with van der Waals surface area (Å²) in [6.45, 7) is 0. The third kappa shape index (κ3) is 2.67. The van der Waals surface area contributed by atoms with Crippen molar-refractivity contribution in [3.63, 3.8) is 0 Å². The van der Waals surface area contributed by atoms with Crippen LogP contribution in [-0.2, 0) is 0 Å². The summed E-state index contributed by atoms with van der Waals surface area (Å²) < 4.78 is 5.78. The Labute approximate surface area is 121 Å². The number of ether oxygens (including phenoxy) is 1. The minimum Gasteiger partial charge on any atom is -0.456 e. The second kappa shape index (κ2) is 5.12. The van der Waals surface area contributed by atoms with Gasteiger partial charge in [-0.15, -0.1) is 0 Å². The van der Waals surface area contributed by atoms with Crippen molar-refractivity contribution in [3.8, 4) is 11.5 Å². The maximum absolute atomic E-state index is 6.09. The lowest BCUT2D eigenvalue weighted by molar-refractivity contribution is 0.483. The number of hydrogen-bond donors (Lipinski definition) is 0. The van der Waals surface area contributed by atoms with Crippen LogP contribution >= 0.6 is 23.2 Å². The molecule has 0 aromatic heterocycles. The standard InChI is InChI=1S/C16H10Cl2O/c17-13-6-8-16(15(18)10-13)19-14-7-5-11-3-1-2-4-12(11)9-14/h1-10H. The van der Waals surface area contributed by atoms with Crippen LogP contribution in [0.3, 0.4) is 0 Å². The van der Waals surface area contributed by atoms with E-state index < -0.39 is 0 Å². The first kappa shape index (κ1) is 12.3. The number of benzene rings is 3. The van der Waals surface area contributed by atoms with Crippen molar-refractivity contribution in [3.05, 3.63) is 70.7 Å². The highest BCUT2D eigenvalue weighted by molar-refractivity contribution is 6.35. The zero-order chi connectivity index (χ0) is 13.2. The lowest BCUT2D eigenvalue weighted by atomic mass is 10.1. The first-order chi connectivity index (χ1) is 9.22. The molecule has 0 aliphatic carbocycles. The molecular weight excluding hydrogens is 279 g/mol. The first-order valence-electron chi connectivity index (χ1n) is 5.84. The highest BCUT2D eigenvalue weighted by Gasteiger charge is 2.04. The van der Waals surface area contributed by atoms with Crippen molar-refractivity contribution >= 4 is 34.0 Å². The van der Waals surface area contributed by atoms with Gasteiger partial charge < -0.3 is 4.74 Å². The Kier molecular flexibility index (Phi) is 3.33. The lowest BCUT2D eigenvalue weighted by Gasteiger charge is -2.08. The molecule has 0 saturated carbocycles. The maximum atomic E-state index is 6.09. The fourth-order valence-electron chi connectivity index (χ4n) is 1.92. The Balaban J connectivity index is 1.96. The van der Waals surface area contributed by atoms with Gasteiger partial charge in [0.1, 0.15) is 11.5 Å². The lowest BCUT2D eigenvalue weighted by Crippen LogP contribution is -1.85. The van der Waals surface area contributed by atoms with Gasteiger partial charge in [-0.1, -0.05) is 53.5 Å². The Morgan fingerprint density at radius 3 is 2.32 bits per heavy atom. The topological polar surface area (TPSA) is 9.23 Å². The highest BCUT2D eigenvalue weighted by atomic mass is 35.5. The van der Waals surface area contributed by atoms with Crippen LogP contribution in [-0.4, -0.2) is 0 Å².